The van der Waals surface area contributed by atoms with Crippen LogP contribution in [0.4, 0.5) is 13.2 Å². The summed E-state index contributed by atoms with van der Waals surface area (Å²) in [4.78, 5) is 13.8. The van der Waals surface area contributed by atoms with E-state index in [-0.39, 0.29) is 13.1 Å². The Hall–Kier alpha value is -1.02. The first kappa shape index (κ1) is 16.0. The number of hydrogen-bond acceptors (Lipinski definition) is 3. The minimum absolute atomic E-state index is 0.0787. The summed E-state index contributed by atoms with van der Waals surface area (Å²) < 4.78 is 43.0. The molecule has 0 unspecified atom stereocenters. The van der Waals surface area contributed by atoms with Crippen LogP contribution in [0, 0.1) is 0 Å². The molecule has 4 nitrogen and oxygen atoms in total. The van der Waals surface area contributed by atoms with Gasteiger partial charge in [-0.3, -0.25) is 9.69 Å². The van der Waals surface area contributed by atoms with Crippen LogP contribution < -0.4 is 0 Å². The highest BCUT2D eigenvalue weighted by atomic mass is 79.9. The lowest BCUT2D eigenvalue weighted by Gasteiger charge is -2.23. The van der Waals surface area contributed by atoms with Crippen molar-refractivity contribution in [1.29, 1.82) is 0 Å². The van der Waals surface area contributed by atoms with E-state index in [4.69, 9.17) is 4.42 Å². The Morgan fingerprint density at radius 3 is 2.42 bits per heavy atom. The second-order valence-electron chi connectivity index (χ2n) is 4.25. The minimum Gasteiger partial charge on any atom is -0.453 e. The predicted molar refractivity (Wildman–Crippen MR) is 66.4 cm³/mol. The van der Waals surface area contributed by atoms with Crippen LogP contribution in [-0.4, -0.2) is 49.1 Å². The molecule has 1 heterocycles. The zero-order valence-corrected chi connectivity index (χ0v) is 12.1. The molecule has 0 saturated carbocycles. The maximum absolute atomic E-state index is 12.5. The molecule has 1 amide bonds. The molecule has 8 heteroatoms. The molecule has 0 aliphatic carbocycles. The van der Waals surface area contributed by atoms with E-state index < -0.39 is 18.6 Å². The first-order valence-corrected chi connectivity index (χ1v) is 6.20. The van der Waals surface area contributed by atoms with Crippen molar-refractivity contribution in [2.75, 3.05) is 27.2 Å². The van der Waals surface area contributed by atoms with Gasteiger partial charge in [0.1, 0.15) is 5.76 Å². The first-order chi connectivity index (χ1) is 8.67. The molecule has 0 spiro atoms. The van der Waals surface area contributed by atoms with E-state index in [9.17, 15) is 18.0 Å². The molecule has 0 N–H and O–H groups in total. The quantitative estimate of drug-likeness (QED) is 0.824. The topological polar surface area (TPSA) is 36.7 Å². The van der Waals surface area contributed by atoms with Crippen LogP contribution in [0.5, 0.6) is 0 Å². The Kier molecular flexibility index (Phi) is 5.42. The summed E-state index contributed by atoms with van der Waals surface area (Å²) in [6.45, 7) is -1.56. The van der Waals surface area contributed by atoms with E-state index in [1.54, 1.807) is 12.1 Å². The van der Waals surface area contributed by atoms with Crippen molar-refractivity contribution >= 4 is 21.8 Å². The average Bonchev–Trinajstić information content (AvgIpc) is 2.61. The molecule has 0 aliphatic rings. The Bertz CT molecular complexity index is 432. The number of likely N-dealkylation sites (N-methyl/N-ethyl adjacent to an activating group) is 1. The number of carbonyl (C=O) groups excluding carboxylic acids is 1. The average molecular weight is 343 g/mol. The molecular formula is C11H14BrF3N2O2. The lowest BCUT2D eigenvalue weighted by atomic mass is 10.3. The standard InChI is InChI=1S/C11H14BrF3N2O2/c1-16(2)10(18)6-17(7-11(13,14)15)5-8-3-4-9(12)19-8/h3-4H,5-7H2,1-2H3. The highest BCUT2D eigenvalue weighted by Gasteiger charge is 2.32. The van der Waals surface area contributed by atoms with Crippen molar-refractivity contribution in [1.82, 2.24) is 9.80 Å². The molecule has 19 heavy (non-hydrogen) atoms. The number of furan rings is 1. The molecule has 1 aromatic heterocycles. The molecule has 1 aromatic rings. The lowest BCUT2D eigenvalue weighted by Crippen LogP contribution is -2.41. The van der Waals surface area contributed by atoms with Crippen molar-refractivity contribution < 1.29 is 22.4 Å². The van der Waals surface area contributed by atoms with Gasteiger partial charge in [-0.15, -0.1) is 0 Å². The van der Waals surface area contributed by atoms with Gasteiger partial charge >= 0.3 is 6.18 Å². The molecule has 1 rings (SSSR count). The van der Waals surface area contributed by atoms with Crippen LogP contribution in [0.25, 0.3) is 0 Å². The van der Waals surface area contributed by atoms with Gasteiger partial charge in [-0.05, 0) is 28.1 Å². The van der Waals surface area contributed by atoms with Gasteiger partial charge in [-0.25, -0.2) is 0 Å². The summed E-state index contributed by atoms with van der Waals surface area (Å²) >= 11 is 3.07. The van der Waals surface area contributed by atoms with Crippen molar-refractivity contribution in [3.8, 4) is 0 Å². The largest absolute Gasteiger partial charge is 0.453 e. The molecule has 0 saturated heterocycles. The molecule has 108 valence electrons. The number of carbonyl (C=O) groups is 1. The van der Waals surface area contributed by atoms with Gasteiger partial charge in [0.15, 0.2) is 4.67 Å². The fraction of sp³-hybridized carbons (Fsp3) is 0.545. The Labute approximate surface area is 117 Å². The highest BCUT2D eigenvalue weighted by Crippen LogP contribution is 2.20. The number of nitrogens with zero attached hydrogens (tertiary/aromatic N) is 2. The van der Waals surface area contributed by atoms with Crippen LogP contribution in [0.3, 0.4) is 0 Å². The third kappa shape index (κ3) is 6.11. The number of hydrogen-bond donors (Lipinski definition) is 0. The van der Waals surface area contributed by atoms with E-state index >= 15 is 0 Å². The number of amides is 1. The zero-order chi connectivity index (χ0) is 14.6. The van der Waals surface area contributed by atoms with Crippen molar-refractivity contribution in [3.05, 3.63) is 22.6 Å². The summed E-state index contributed by atoms with van der Waals surface area (Å²) in [5.41, 5.74) is 0. The zero-order valence-electron chi connectivity index (χ0n) is 10.5. The molecule has 0 aliphatic heterocycles. The third-order valence-corrected chi connectivity index (χ3v) is 2.70. The normalized spacial score (nSPS) is 11.9. The fourth-order valence-electron chi connectivity index (χ4n) is 1.41. The fourth-order valence-corrected chi connectivity index (χ4v) is 1.75. The SMILES string of the molecule is CN(C)C(=O)CN(Cc1ccc(Br)o1)CC(F)(F)F. The van der Waals surface area contributed by atoms with E-state index in [0.717, 1.165) is 4.90 Å². The monoisotopic (exact) mass is 342 g/mol. The Morgan fingerprint density at radius 2 is 2.00 bits per heavy atom. The van der Waals surface area contributed by atoms with Gasteiger partial charge in [-0.2, -0.15) is 13.2 Å². The van der Waals surface area contributed by atoms with E-state index in [1.165, 1.54) is 19.0 Å². The summed E-state index contributed by atoms with van der Waals surface area (Å²) in [5, 5.41) is 0. The number of halogens is 4. The van der Waals surface area contributed by atoms with Gasteiger partial charge in [-0.1, -0.05) is 0 Å². The van der Waals surface area contributed by atoms with Gasteiger partial charge in [0.25, 0.3) is 0 Å². The second-order valence-corrected chi connectivity index (χ2v) is 5.04. The second kappa shape index (κ2) is 6.42. The van der Waals surface area contributed by atoms with Gasteiger partial charge in [0.2, 0.25) is 5.91 Å². The first-order valence-electron chi connectivity index (χ1n) is 5.41. The molecule has 0 radical (unpaired) electrons. The van der Waals surface area contributed by atoms with E-state index in [1.807, 2.05) is 0 Å². The summed E-state index contributed by atoms with van der Waals surface area (Å²) in [7, 11) is 3.00. The molecule has 0 aromatic carbocycles. The van der Waals surface area contributed by atoms with Crippen LogP contribution in [0.1, 0.15) is 5.76 Å². The van der Waals surface area contributed by atoms with Crippen molar-refractivity contribution in [3.63, 3.8) is 0 Å². The molecule has 0 fully saturated rings. The van der Waals surface area contributed by atoms with Crippen molar-refractivity contribution in [2.24, 2.45) is 0 Å². The van der Waals surface area contributed by atoms with Gasteiger partial charge in [0.05, 0.1) is 19.6 Å². The molecular weight excluding hydrogens is 329 g/mol. The minimum atomic E-state index is -4.36. The van der Waals surface area contributed by atoms with E-state index in [0.29, 0.717) is 10.4 Å². The third-order valence-electron chi connectivity index (χ3n) is 2.27. The van der Waals surface area contributed by atoms with Gasteiger partial charge < -0.3 is 9.32 Å². The number of rotatable bonds is 5. The van der Waals surface area contributed by atoms with Crippen LogP contribution in [-0.2, 0) is 11.3 Å². The van der Waals surface area contributed by atoms with Crippen LogP contribution >= 0.6 is 15.9 Å². The van der Waals surface area contributed by atoms with Crippen LogP contribution in [0.15, 0.2) is 21.2 Å². The maximum atomic E-state index is 12.5. The maximum Gasteiger partial charge on any atom is 0.401 e. The van der Waals surface area contributed by atoms with Crippen molar-refractivity contribution in [2.45, 2.75) is 12.7 Å². The van der Waals surface area contributed by atoms with Crippen LogP contribution in [0.2, 0.25) is 0 Å². The summed E-state index contributed by atoms with van der Waals surface area (Å²) in [6.07, 6.45) is -4.36. The highest BCUT2D eigenvalue weighted by molar-refractivity contribution is 9.10. The smallest absolute Gasteiger partial charge is 0.401 e. The summed E-state index contributed by atoms with van der Waals surface area (Å²) in [5.74, 6) is -0.0300. The summed E-state index contributed by atoms with van der Waals surface area (Å²) in [6, 6.07) is 3.16. The Balaban J connectivity index is 2.71. The molecule has 0 bridgehead atoms. The predicted octanol–water partition coefficient (Wildman–Crippen LogP) is 2.49. The van der Waals surface area contributed by atoms with E-state index in [2.05, 4.69) is 15.9 Å². The number of alkyl halides is 3. The Morgan fingerprint density at radius 1 is 1.37 bits per heavy atom. The lowest BCUT2D eigenvalue weighted by molar-refractivity contribution is -0.152. The van der Waals surface area contributed by atoms with Gasteiger partial charge in [0, 0.05) is 14.1 Å². The molecule has 0 atom stereocenters.